The Morgan fingerprint density at radius 2 is 2.18 bits per heavy atom. The summed E-state index contributed by atoms with van der Waals surface area (Å²) in [4.78, 5) is 13.3. The number of hydrogen-bond acceptors (Lipinski definition) is 3. The lowest BCUT2D eigenvalue weighted by Crippen LogP contribution is -2.49. The van der Waals surface area contributed by atoms with E-state index in [9.17, 15) is 4.79 Å². The van der Waals surface area contributed by atoms with Crippen LogP contribution in [0.25, 0.3) is 0 Å². The van der Waals surface area contributed by atoms with Crippen molar-refractivity contribution in [2.24, 2.45) is 0 Å². The van der Waals surface area contributed by atoms with Gasteiger partial charge in [-0.3, -0.25) is 9.69 Å². The highest BCUT2D eigenvalue weighted by molar-refractivity contribution is 5.96. The average Bonchev–Trinajstić information content (AvgIpc) is 2.38. The van der Waals surface area contributed by atoms with Gasteiger partial charge in [0.05, 0.1) is 12.7 Å². The van der Waals surface area contributed by atoms with Gasteiger partial charge in [-0.1, -0.05) is 19.1 Å². The van der Waals surface area contributed by atoms with Gasteiger partial charge in [-0.15, -0.1) is 0 Å². The summed E-state index contributed by atoms with van der Waals surface area (Å²) in [5, 5.41) is 9.02. The molecule has 1 aromatic rings. The molecule has 0 N–H and O–H groups in total. The van der Waals surface area contributed by atoms with Crippen molar-refractivity contribution in [1.29, 1.82) is 5.26 Å². The van der Waals surface area contributed by atoms with Gasteiger partial charge < -0.3 is 4.74 Å². The molecular weight excluding hydrogens is 216 g/mol. The molecule has 1 fully saturated rings. The van der Waals surface area contributed by atoms with E-state index in [1.165, 1.54) is 10.5 Å². The second-order valence-electron chi connectivity index (χ2n) is 3.94. The Morgan fingerprint density at radius 3 is 2.76 bits per heavy atom. The molecule has 1 aliphatic rings. The normalized spacial score (nSPS) is 20.1. The summed E-state index contributed by atoms with van der Waals surface area (Å²) in [6.45, 7) is 2.40. The van der Waals surface area contributed by atoms with E-state index in [1.807, 2.05) is 24.3 Å². The van der Waals surface area contributed by atoms with Crippen LogP contribution in [0.15, 0.2) is 24.3 Å². The van der Waals surface area contributed by atoms with Crippen molar-refractivity contribution in [2.45, 2.75) is 19.4 Å². The molecule has 1 aliphatic heterocycles. The third-order valence-electron chi connectivity index (χ3n) is 2.85. The number of rotatable bonds is 2. The zero-order valence-electron chi connectivity index (χ0n) is 9.72. The second-order valence-corrected chi connectivity index (χ2v) is 3.94. The number of anilines is 1. The van der Waals surface area contributed by atoms with Crippen LogP contribution >= 0.6 is 0 Å². The SMILES string of the molecule is CCc1ccc(N2C(=O)COCC2C#N)cc1. The summed E-state index contributed by atoms with van der Waals surface area (Å²) in [6, 6.07) is 9.29. The van der Waals surface area contributed by atoms with Gasteiger partial charge in [-0.25, -0.2) is 0 Å². The molecule has 0 radical (unpaired) electrons. The molecule has 1 saturated heterocycles. The third-order valence-corrected chi connectivity index (χ3v) is 2.85. The van der Waals surface area contributed by atoms with E-state index in [-0.39, 0.29) is 19.1 Å². The molecule has 1 amide bonds. The molecule has 1 aromatic carbocycles. The molecule has 1 atom stereocenters. The zero-order valence-corrected chi connectivity index (χ0v) is 9.72. The van der Waals surface area contributed by atoms with Crippen molar-refractivity contribution in [2.75, 3.05) is 18.1 Å². The van der Waals surface area contributed by atoms with Crippen LogP contribution in [-0.4, -0.2) is 25.2 Å². The van der Waals surface area contributed by atoms with Gasteiger partial charge in [0, 0.05) is 5.69 Å². The number of nitriles is 1. The molecule has 1 heterocycles. The van der Waals surface area contributed by atoms with Gasteiger partial charge in [0.2, 0.25) is 0 Å². The summed E-state index contributed by atoms with van der Waals surface area (Å²) < 4.78 is 5.07. The van der Waals surface area contributed by atoms with Crippen molar-refractivity contribution in [3.8, 4) is 6.07 Å². The number of hydrogen-bond donors (Lipinski definition) is 0. The van der Waals surface area contributed by atoms with Gasteiger partial charge in [0.25, 0.3) is 5.91 Å². The summed E-state index contributed by atoms with van der Waals surface area (Å²) in [7, 11) is 0. The lowest BCUT2D eigenvalue weighted by atomic mass is 10.1. The van der Waals surface area contributed by atoms with Crippen molar-refractivity contribution in [3.63, 3.8) is 0 Å². The predicted octanol–water partition coefficient (Wildman–Crippen LogP) is 1.50. The first-order valence-electron chi connectivity index (χ1n) is 5.64. The lowest BCUT2D eigenvalue weighted by Gasteiger charge is -2.31. The molecule has 4 heteroatoms. The number of nitrogens with zero attached hydrogens (tertiary/aromatic N) is 2. The molecule has 2 rings (SSSR count). The van der Waals surface area contributed by atoms with Crippen molar-refractivity contribution < 1.29 is 9.53 Å². The van der Waals surface area contributed by atoms with E-state index in [4.69, 9.17) is 10.00 Å². The summed E-state index contributed by atoms with van der Waals surface area (Å²) in [5.41, 5.74) is 1.98. The summed E-state index contributed by atoms with van der Waals surface area (Å²) in [6.07, 6.45) is 0.957. The molecule has 0 spiro atoms. The van der Waals surface area contributed by atoms with E-state index < -0.39 is 6.04 Å². The highest BCUT2D eigenvalue weighted by Crippen LogP contribution is 2.21. The predicted molar refractivity (Wildman–Crippen MR) is 63.5 cm³/mol. The number of benzene rings is 1. The monoisotopic (exact) mass is 230 g/mol. The van der Waals surface area contributed by atoms with Crippen molar-refractivity contribution in [1.82, 2.24) is 0 Å². The molecule has 0 aromatic heterocycles. The Hall–Kier alpha value is -1.86. The van der Waals surface area contributed by atoms with Gasteiger partial charge in [-0.2, -0.15) is 5.26 Å². The largest absolute Gasteiger partial charge is 0.368 e. The first-order chi connectivity index (χ1) is 8.26. The van der Waals surface area contributed by atoms with Crippen LogP contribution in [0.1, 0.15) is 12.5 Å². The summed E-state index contributed by atoms with van der Waals surface area (Å²) in [5.74, 6) is -0.160. The lowest BCUT2D eigenvalue weighted by molar-refractivity contribution is -0.126. The summed E-state index contributed by atoms with van der Waals surface area (Å²) >= 11 is 0. The van der Waals surface area contributed by atoms with Gasteiger partial charge >= 0.3 is 0 Å². The van der Waals surface area contributed by atoms with Crippen molar-refractivity contribution >= 4 is 11.6 Å². The quantitative estimate of drug-likeness (QED) is 0.773. The van der Waals surface area contributed by atoms with Crippen LogP contribution in [-0.2, 0) is 16.0 Å². The molecule has 0 saturated carbocycles. The van der Waals surface area contributed by atoms with Crippen LogP contribution in [0.5, 0.6) is 0 Å². The number of carbonyl (C=O) groups is 1. The number of amides is 1. The Balaban J connectivity index is 2.29. The maximum atomic E-state index is 11.8. The van der Waals surface area contributed by atoms with Gasteiger partial charge in [-0.05, 0) is 24.1 Å². The molecular formula is C13H14N2O2. The average molecular weight is 230 g/mol. The topological polar surface area (TPSA) is 53.3 Å². The second kappa shape index (κ2) is 4.98. The zero-order chi connectivity index (χ0) is 12.3. The van der Waals surface area contributed by atoms with E-state index >= 15 is 0 Å². The Labute approximate surface area is 100 Å². The third kappa shape index (κ3) is 2.29. The fraction of sp³-hybridized carbons (Fsp3) is 0.385. The van der Waals surface area contributed by atoms with E-state index in [0.29, 0.717) is 0 Å². The van der Waals surface area contributed by atoms with E-state index in [0.717, 1.165) is 12.1 Å². The molecule has 17 heavy (non-hydrogen) atoms. The fourth-order valence-electron chi connectivity index (χ4n) is 1.89. The smallest absolute Gasteiger partial charge is 0.254 e. The highest BCUT2D eigenvalue weighted by Gasteiger charge is 2.29. The molecule has 4 nitrogen and oxygen atoms in total. The number of morpholine rings is 1. The van der Waals surface area contributed by atoms with Gasteiger partial charge in [0.15, 0.2) is 0 Å². The van der Waals surface area contributed by atoms with Crippen molar-refractivity contribution in [3.05, 3.63) is 29.8 Å². The molecule has 0 bridgehead atoms. The number of aryl methyl sites for hydroxylation is 1. The minimum atomic E-state index is -0.524. The van der Waals surface area contributed by atoms with Crippen LogP contribution in [0.3, 0.4) is 0 Å². The first kappa shape index (κ1) is 11.6. The maximum absolute atomic E-state index is 11.8. The first-order valence-corrected chi connectivity index (χ1v) is 5.64. The van der Waals surface area contributed by atoms with Crippen LogP contribution in [0.2, 0.25) is 0 Å². The molecule has 1 unspecified atom stereocenters. The van der Waals surface area contributed by atoms with Crippen LogP contribution in [0, 0.1) is 11.3 Å². The maximum Gasteiger partial charge on any atom is 0.254 e. The fourth-order valence-corrected chi connectivity index (χ4v) is 1.89. The number of carbonyl (C=O) groups excluding carboxylic acids is 1. The Morgan fingerprint density at radius 1 is 1.47 bits per heavy atom. The highest BCUT2D eigenvalue weighted by atomic mass is 16.5. The Bertz CT molecular complexity index is 447. The minimum absolute atomic E-state index is 0.0493. The van der Waals surface area contributed by atoms with Crippen LogP contribution < -0.4 is 4.90 Å². The standard InChI is InChI=1S/C13H14N2O2/c1-2-10-3-5-11(6-4-10)15-12(7-14)8-17-9-13(15)16/h3-6,12H,2,8-9H2,1H3. The number of ether oxygens (including phenoxy) is 1. The van der Waals surface area contributed by atoms with E-state index in [1.54, 1.807) is 0 Å². The van der Waals surface area contributed by atoms with Crippen LogP contribution in [0.4, 0.5) is 5.69 Å². The molecule has 88 valence electrons. The molecule has 0 aliphatic carbocycles. The minimum Gasteiger partial charge on any atom is -0.368 e. The Kier molecular flexibility index (Phi) is 3.40. The van der Waals surface area contributed by atoms with E-state index in [2.05, 4.69) is 13.0 Å². The van der Waals surface area contributed by atoms with Gasteiger partial charge in [0.1, 0.15) is 12.6 Å².